The second-order valence-corrected chi connectivity index (χ2v) is 4.76. The van der Waals surface area contributed by atoms with Crippen molar-refractivity contribution in [2.45, 2.75) is 39.2 Å². The van der Waals surface area contributed by atoms with Crippen molar-refractivity contribution in [2.75, 3.05) is 13.1 Å². The number of aryl methyl sites for hydroxylation is 1. The molecule has 2 heterocycles. The van der Waals surface area contributed by atoms with Crippen LogP contribution in [0.1, 0.15) is 43.1 Å². The lowest BCUT2D eigenvalue weighted by Gasteiger charge is -2.21. The number of nitrogens with zero attached hydrogens (tertiary/aromatic N) is 2. The van der Waals surface area contributed by atoms with Gasteiger partial charge >= 0.3 is 0 Å². The van der Waals surface area contributed by atoms with E-state index in [-0.39, 0.29) is 5.78 Å². The van der Waals surface area contributed by atoms with Crippen molar-refractivity contribution in [3.63, 3.8) is 0 Å². The average Bonchev–Trinajstić information content (AvgIpc) is 2.79. The standard InChI is InChI=1S/C13H21N3O/c1-2-9-16-12(5-8-15-16)13(17)10-11-3-6-14-7-4-11/h5,8,11,14H,2-4,6-7,9-10H2,1H3. The smallest absolute Gasteiger partial charge is 0.181 e. The summed E-state index contributed by atoms with van der Waals surface area (Å²) in [4.78, 5) is 12.2. The number of hydrogen-bond donors (Lipinski definition) is 1. The molecule has 1 saturated heterocycles. The molecule has 4 nitrogen and oxygen atoms in total. The Hall–Kier alpha value is -1.16. The number of Topliss-reactive ketones (excluding diaryl/α,β-unsaturated/α-hetero) is 1. The van der Waals surface area contributed by atoms with Crippen molar-refractivity contribution >= 4 is 5.78 Å². The first-order valence-electron chi connectivity index (χ1n) is 6.57. The summed E-state index contributed by atoms with van der Waals surface area (Å²) in [5.74, 6) is 0.802. The number of nitrogens with one attached hydrogen (secondary N) is 1. The predicted molar refractivity (Wildman–Crippen MR) is 67.1 cm³/mol. The van der Waals surface area contributed by atoms with Crippen LogP contribution < -0.4 is 5.32 Å². The molecule has 17 heavy (non-hydrogen) atoms. The summed E-state index contributed by atoms with van der Waals surface area (Å²) in [5, 5.41) is 7.53. The Balaban J connectivity index is 1.96. The predicted octanol–water partition coefficient (Wildman–Crippen LogP) is 1.87. The summed E-state index contributed by atoms with van der Waals surface area (Å²) < 4.78 is 1.84. The summed E-state index contributed by atoms with van der Waals surface area (Å²) in [5.41, 5.74) is 0.783. The van der Waals surface area contributed by atoms with Crippen LogP contribution in [-0.4, -0.2) is 28.7 Å². The van der Waals surface area contributed by atoms with Crippen LogP contribution in [0.15, 0.2) is 12.3 Å². The minimum absolute atomic E-state index is 0.253. The maximum absolute atomic E-state index is 12.2. The third-order valence-electron chi connectivity index (χ3n) is 3.37. The van der Waals surface area contributed by atoms with Crippen molar-refractivity contribution in [1.82, 2.24) is 15.1 Å². The quantitative estimate of drug-likeness (QED) is 0.792. The highest BCUT2D eigenvalue weighted by atomic mass is 16.1. The fourth-order valence-corrected chi connectivity index (χ4v) is 2.41. The second kappa shape index (κ2) is 5.96. The zero-order valence-corrected chi connectivity index (χ0v) is 10.5. The molecule has 0 aromatic carbocycles. The number of carbonyl (C=O) groups is 1. The van der Waals surface area contributed by atoms with Gasteiger partial charge in [0.05, 0.1) is 0 Å². The Morgan fingerprint density at radius 3 is 3.00 bits per heavy atom. The Bertz CT molecular complexity index is 366. The van der Waals surface area contributed by atoms with Crippen LogP contribution in [0.2, 0.25) is 0 Å². The van der Waals surface area contributed by atoms with Gasteiger partial charge < -0.3 is 5.32 Å². The summed E-state index contributed by atoms with van der Waals surface area (Å²) in [6.07, 6.45) is 5.65. The van der Waals surface area contributed by atoms with E-state index in [0.29, 0.717) is 12.3 Å². The summed E-state index contributed by atoms with van der Waals surface area (Å²) in [6, 6.07) is 1.85. The Kier molecular flexibility index (Phi) is 4.31. The maximum atomic E-state index is 12.2. The Morgan fingerprint density at radius 1 is 1.53 bits per heavy atom. The fraction of sp³-hybridized carbons (Fsp3) is 0.692. The molecule has 1 aliphatic rings. The number of piperidine rings is 1. The first-order valence-corrected chi connectivity index (χ1v) is 6.57. The van der Waals surface area contributed by atoms with Gasteiger partial charge in [0.15, 0.2) is 5.78 Å². The van der Waals surface area contributed by atoms with E-state index >= 15 is 0 Å². The summed E-state index contributed by atoms with van der Waals surface area (Å²) in [6.45, 7) is 5.03. The molecule has 0 unspecified atom stereocenters. The van der Waals surface area contributed by atoms with Crippen molar-refractivity contribution < 1.29 is 4.79 Å². The van der Waals surface area contributed by atoms with Gasteiger partial charge in [-0.3, -0.25) is 9.48 Å². The molecule has 1 aromatic rings. The van der Waals surface area contributed by atoms with Crippen molar-refractivity contribution in [3.8, 4) is 0 Å². The summed E-state index contributed by atoms with van der Waals surface area (Å²) >= 11 is 0. The molecule has 1 fully saturated rings. The molecular weight excluding hydrogens is 214 g/mol. The van der Waals surface area contributed by atoms with E-state index in [4.69, 9.17) is 0 Å². The first kappa shape index (κ1) is 12.3. The third kappa shape index (κ3) is 3.16. The Labute approximate surface area is 102 Å². The minimum atomic E-state index is 0.253. The summed E-state index contributed by atoms with van der Waals surface area (Å²) in [7, 11) is 0. The molecular formula is C13H21N3O. The van der Waals surface area contributed by atoms with E-state index in [1.807, 2.05) is 10.7 Å². The third-order valence-corrected chi connectivity index (χ3v) is 3.37. The van der Waals surface area contributed by atoms with Gasteiger partial charge in [0.2, 0.25) is 0 Å². The molecule has 0 spiro atoms. The molecule has 1 aliphatic heterocycles. The largest absolute Gasteiger partial charge is 0.317 e. The highest BCUT2D eigenvalue weighted by Gasteiger charge is 2.19. The van der Waals surface area contributed by atoms with Crippen LogP contribution >= 0.6 is 0 Å². The SMILES string of the molecule is CCCn1nccc1C(=O)CC1CCNCC1. The van der Waals surface area contributed by atoms with Gasteiger partial charge in [-0.05, 0) is 44.3 Å². The van der Waals surface area contributed by atoms with Gasteiger partial charge in [-0.15, -0.1) is 0 Å². The highest BCUT2D eigenvalue weighted by Crippen LogP contribution is 2.18. The molecule has 0 radical (unpaired) electrons. The second-order valence-electron chi connectivity index (χ2n) is 4.76. The van der Waals surface area contributed by atoms with Crippen LogP contribution in [-0.2, 0) is 6.54 Å². The molecule has 0 amide bonds. The molecule has 94 valence electrons. The molecule has 0 atom stereocenters. The number of carbonyl (C=O) groups excluding carboxylic acids is 1. The zero-order chi connectivity index (χ0) is 12.1. The molecule has 0 aliphatic carbocycles. The molecule has 0 bridgehead atoms. The molecule has 4 heteroatoms. The Morgan fingerprint density at radius 2 is 2.29 bits per heavy atom. The van der Waals surface area contributed by atoms with Crippen LogP contribution in [0.3, 0.4) is 0 Å². The van der Waals surface area contributed by atoms with Crippen molar-refractivity contribution in [3.05, 3.63) is 18.0 Å². The van der Waals surface area contributed by atoms with Gasteiger partial charge in [0.25, 0.3) is 0 Å². The molecule has 2 rings (SSSR count). The van der Waals surface area contributed by atoms with Crippen LogP contribution in [0.5, 0.6) is 0 Å². The molecule has 0 saturated carbocycles. The van der Waals surface area contributed by atoms with E-state index in [1.165, 1.54) is 0 Å². The van der Waals surface area contributed by atoms with Crippen LogP contribution in [0.4, 0.5) is 0 Å². The molecule has 1 aromatic heterocycles. The van der Waals surface area contributed by atoms with Crippen molar-refractivity contribution in [2.24, 2.45) is 5.92 Å². The van der Waals surface area contributed by atoms with Gasteiger partial charge in [-0.25, -0.2) is 0 Å². The number of aromatic nitrogens is 2. The first-order chi connectivity index (χ1) is 8.31. The van der Waals surface area contributed by atoms with E-state index < -0.39 is 0 Å². The van der Waals surface area contributed by atoms with Gasteiger partial charge in [-0.2, -0.15) is 5.10 Å². The monoisotopic (exact) mass is 235 g/mol. The lowest BCUT2D eigenvalue weighted by Crippen LogP contribution is -2.29. The van der Waals surface area contributed by atoms with E-state index in [2.05, 4.69) is 17.3 Å². The van der Waals surface area contributed by atoms with Crippen molar-refractivity contribution in [1.29, 1.82) is 0 Å². The van der Waals surface area contributed by atoms with Gasteiger partial charge in [-0.1, -0.05) is 6.92 Å². The fourth-order valence-electron chi connectivity index (χ4n) is 2.41. The lowest BCUT2D eigenvalue weighted by atomic mass is 9.92. The average molecular weight is 235 g/mol. The number of hydrogen-bond acceptors (Lipinski definition) is 3. The van der Waals surface area contributed by atoms with E-state index in [1.54, 1.807) is 6.20 Å². The normalized spacial score (nSPS) is 17.2. The van der Waals surface area contributed by atoms with E-state index in [9.17, 15) is 4.79 Å². The van der Waals surface area contributed by atoms with Crippen LogP contribution in [0, 0.1) is 5.92 Å². The lowest BCUT2D eigenvalue weighted by molar-refractivity contribution is 0.0941. The zero-order valence-electron chi connectivity index (χ0n) is 10.5. The minimum Gasteiger partial charge on any atom is -0.317 e. The maximum Gasteiger partial charge on any atom is 0.181 e. The van der Waals surface area contributed by atoms with E-state index in [0.717, 1.165) is 44.6 Å². The van der Waals surface area contributed by atoms with Gasteiger partial charge in [0.1, 0.15) is 5.69 Å². The highest BCUT2D eigenvalue weighted by molar-refractivity contribution is 5.94. The van der Waals surface area contributed by atoms with Gasteiger partial charge in [0, 0.05) is 19.2 Å². The number of rotatable bonds is 5. The topological polar surface area (TPSA) is 46.9 Å². The number of ketones is 1. The van der Waals surface area contributed by atoms with Crippen LogP contribution in [0.25, 0.3) is 0 Å². The molecule has 1 N–H and O–H groups in total.